The number of hydrogen-bond acceptors (Lipinski definition) is 3. The second kappa shape index (κ2) is 8.08. The lowest BCUT2D eigenvalue weighted by atomic mass is 9.92. The van der Waals surface area contributed by atoms with Crippen LogP contribution in [-0.2, 0) is 5.54 Å². The average Bonchev–Trinajstić information content (AvgIpc) is 2.43. The van der Waals surface area contributed by atoms with Crippen molar-refractivity contribution in [3.63, 3.8) is 0 Å². The van der Waals surface area contributed by atoms with Gasteiger partial charge in [0.1, 0.15) is 5.82 Å². The van der Waals surface area contributed by atoms with Crippen molar-refractivity contribution < 1.29 is 9.50 Å². The zero-order valence-electron chi connectivity index (χ0n) is 12.4. The van der Waals surface area contributed by atoms with Crippen LogP contribution in [0.3, 0.4) is 0 Å². The van der Waals surface area contributed by atoms with Crippen molar-refractivity contribution in [2.75, 3.05) is 32.8 Å². The predicted molar refractivity (Wildman–Crippen MR) is 84.3 cm³/mol. The minimum atomic E-state index is -0.766. The summed E-state index contributed by atoms with van der Waals surface area (Å²) >= 11 is 3.25. The van der Waals surface area contributed by atoms with Crippen LogP contribution in [0, 0.1) is 5.82 Å². The van der Waals surface area contributed by atoms with E-state index in [1.54, 1.807) is 12.1 Å². The summed E-state index contributed by atoms with van der Waals surface area (Å²) in [4.78, 5) is 2.28. The van der Waals surface area contributed by atoms with E-state index in [0.29, 0.717) is 16.6 Å². The first-order valence-corrected chi connectivity index (χ1v) is 7.80. The van der Waals surface area contributed by atoms with Crippen molar-refractivity contribution >= 4 is 15.9 Å². The first kappa shape index (κ1) is 17.6. The van der Waals surface area contributed by atoms with Gasteiger partial charge in [0.2, 0.25) is 0 Å². The van der Waals surface area contributed by atoms with Gasteiger partial charge < -0.3 is 15.3 Å². The van der Waals surface area contributed by atoms with Crippen molar-refractivity contribution in [3.05, 3.63) is 34.1 Å². The van der Waals surface area contributed by atoms with E-state index in [1.165, 1.54) is 6.07 Å². The Balaban J connectivity index is 2.76. The van der Waals surface area contributed by atoms with Gasteiger partial charge in [-0.15, -0.1) is 0 Å². The predicted octanol–water partition coefficient (Wildman–Crippen LogP) is 2.73. The molecule has 0 heterocycles. The minimum absolute atomic E-state index is 0.149. The summed E-state index contributed by atoms with van der Waals surface area (Å²) in [6.45, 7) is 9.45. The minimum Gasteiger partial charge on any atom is -0.394 e. The molecule has 2 N–H and O–H groups in total. The Hall–Kier alpha value is -0.490. The highest BCUT2D eigenvalue weighted by molar-refractivity contribution is 9.10. The Bertz CT molecular complexity index is 426. The Labute approximate surface area is 129 Å². The molecular weight excluding hydrogens is 323 g/mol. The molecule has 0 saturated heterocycles. The molecule has 0 bridgehead atoms. The summed E-state index contributed by atoms with van der Waals surface area (Å²) in [5.74, 6) is -0.314. The van der Waals surface area contributed by atoms with E-state index in [4.69, 9.17) is 0 Å². The number of nitrogens with zero attached hydrogens (tertiary/aromatic N) is 1. The Kier molecular flexibility index (Phi) is 7.09. The first-order chi connectivity index (χ1) is 9.46. The van der Waals surface area contributed by atoms with Crippen LogP contribution in [0.25, 0.3) is 0 Å². The van der Waals surface area contributed by atoms with Gasteiger partial charge in [-0.3, -0.25) is 0 Å². The van der Waals surface area contributed by atoms with E-state index in [2.05, 4.69) is 40.0 Å². The number of halogens is 2. The SMILES string of the molecule is CCN(CC)CCNC(C)(CO)c1ccc(Br)cc1F. The van der Waals surface area contributed by atoms with Crippen LogP contribution in [-0.4, -0.2) is 42.8 Å². The highest BCUT2D eigenvalue weighted by Gasteiger charge is 2.28. The number of aliphatic hydroxyl groups is 1. The molecule has 1 aromatic carbocycles. The van der Waals surface area contributed by atoms with E-state index in [1.807, 2.05) is 6.92 Å². The highest BCUT2D eigenvalue weighted by atomic mass is 79.9. The second-order valence-electron chi connectivity index (χ2n) is 5.07. The maximum Gasteiger partial charge on any atom is 0.129 e. The van der Waals surface area contributed by atoms with Gasteiger partial charge in [-0.1, -0.05) is 35.8 Å². The molecule has 0 saturated carbocycles. The third-order valence-corrected chi connectivity index (χ3v) is 4.17. The molecule has 3 nitrogen and oxygen atoms in total. The Morgan fingerprint density at radius 3 is 2.50 bits per heavy atom. The molecule has 0 fully saturated rings. The smallest absolute Gasteiger partial charge is 0.129 e. The van der Waals surface area contributed by atoms with Crippen LogP contribution in [0.15, 0.2) is 22.7 Å². The van der Waals surface area contributed by atoms with Crippen molar-refractivity contribution in [1.82, 2.24) is 10.2 Å². The van der Waals surface area contributed by atoms with Crippen molar-refractivity contribution in [1.29, 1.82) is 0 Å². The normalized spacial score (nSPS) is 14.6. The molecule has 0 spiro atoms. The van der Waals surface area contributed by atoms with Gasteiger partial charge in [0, 0.05) is 23.1 Å². The summed E-state index contributed by atoms with van der Waals surface area (Å²) in [7, 11) is 0. The molecule has 1 unspecified atom stereocenters. The van der Waals surface area contributed by atoms with Crippen molar-refractivity contribution in [2.24, 2.45) is 0 Å². The maximum atomic E-state index is 14.1. The number of nitrogens with one attached hydrogen (secondary N) is 1. The van der Waals surface area contributed by atoms with E-state index < -0.39 is 5.54 Å². The molecule has 114 valence electrons. The number of benzene rings is 1. The molecule has 0 aromatic heterocycles. The molecule has 1 aromatic rings. The van der Waals surface area contributed by atoms with Crippen molar-refractivity contribution in [3.8, 4) is 0 Å². The lowest BCUT2D eigenvalue weighted by Gasteiger charge is -2.31. The van der Waals surface area contributed by atoms with Gasteiger partial charge in [-0.05, 0) is 32.1 Å². The quantitative estimate of drug-likeness (QED) is 0.759. The standard InChI is InChI=1S/C15H24BrFN2O/c1-4-19(5-2)9-8-18-15(3,11-20)13-7-6-12(16)10-14(13)17/h6-7,10,18,20H,4-5,8-9,11H2,1-3H3. The molecule has 0 aliphatic heterocycles. The van der Waals surface area contributed by atoms with Crippen LogP contribution >= 0.6 is 15.9 Å². The van der Waals surface area contributed by atoms with Crippen LogP contribution in [0.5, 0.6) is 0 Å². The summed E-state index contributed by atoms with van der Waals surface area (Å²) in [5, 5.41) is 12.9. The molecule has 20 heavy (non-hydrogen) atoms. The number of hydrogen-bond donors (Lipinski definition) is 2. The fourth-order valence-electron chi connectivity index (χ4n) is 2.20. The van der Waals surface area contributed by atoms with Crippen LogP contribution in [0.2, 0.25) is 0 Å². The van der Waals surface area contributed by atoms with Gasteiger partial charge in [0.05, 0.1) is 12.1 Å². The topological polar surface area (TPSA) is 35.5 Å². The zero-order chi connectivity index (χ0) is 15.2. The molecule has 1 rings (SSSR count). The monoisotopic (exact) mass is 346 g/mol. The van der Waals surface area contributed by atoms with Gasteiger partial charge in [0.15, 0.2) is 0 Å². The number of aliphatic hydroxyl groups excluding tert-OH is 1. The van der Waals surface area contributed by atoms with E-state index in [-0.39, 0.29) is 12.4 Å². The Morgan fingerprint density at radius 2 is 2.00 bits per heavy atom. The lowest BCUT2D eigenvalue weighted by Crippen LogP contribution is -2.46. The van der Waals surface area contributed by atoms with Gasteiger partial charge >= 0.3 is 0 Å². The van der Waals surface area contributed by atoms with Crippen LogP contribution in [0.4, 0.5) is 4.39 Å². The van der Waals surface area contributed by atoms with Gasteiger partial charge in [-0.25, -0.2) is 4.39 Å². The number of likely N-dealkylation sites (N-methyl/N-ethyl adjacent to an activating group) is 1. The summed E-state index contributed by atoms with van der Waals surface area (Å²) in [6, 6.07) is 4.92. The van der Waals surface area contributed by atoms with Gasteiger partial charge in [0.25, 0.3) is 0 Å². The molecule has 0 aliphatic carbocycles. The molecular formula is C15H24BrFN2O. The van der Waals surface area contributed by atoms with E-state index in [9.17, 15) is 9.50 Å². The summed E-state index contributed by atoms with van der Waals surface area (Å²) < 4.78 is 14.8. The molecule has 0 radical (unpaired) electrons. The second-order valence-corrected chi connectivity index (χ2v) is 5.98. The van der Waals surface area contributed by atoms with Gasteiger partial charge in [-0.2, -0.15) is 0 Å². The molecule has 0 amide bonds. The third-order valence-electron chi connectivity index (χ3n) is 3.68. The summed E-state index contributed by atoms with van der Waals surface area (Å²) in [5.41, 5.74) is -0.277. The van der Waals surface area contributed by atoms with Crippen molar-refractivity contribution in [2.45, 2.75) is 26.3 Å². The van der Waals surface area contributed by atoms with E-state index in [0.717, 1.165) is 19.6 Å². The first-order valence-electron chi connectivity index (χ1n) is 7.00. The molecule has 1 atom stereocenters. The lowest BCUT2D eigenvalue weighted by molar-refractivity contribution is 0.165. The zero-order valence-corrected chi connectivity index (χ0v) is 14.0. The third kappa shape index (κ3) is 4.52. The fourth-order valence-corrected chi connectivity index (χ4v) is 2.54. The molecule has 0 aliphatic rings. The largest absolute Gasteiger partial charge is 0.394 e. The maximum absolute atomic E-state index is 14.1. The Morgan fingerprint density at radius 1 is 1.35 bits per heavy atom. The fraction of sp³-hybridized carbons (Fsp3) is 0.600. The van der Waals surface area contributed by atoms with E-state index >= 15 is 0 Å². The molecule has 5 heteroatoms. The summed E-state index contributed by atoms with van der Waals surface area (Å²) in [6.07, 6.45) is 0. The average molecular weight is 347 g/mol. The highest BCUT2D eigenvalue weighted by Crippen LogP contribution is 2.25. The van der Waals surface area contributed by atoms with Crippen LogP contribution < -0.4 is 5.32 Å². The van der Waals surface area contributed by atoms with Crippen LogP contribution in [0.1, 0.15) is 26.3 Å². The number of rotatable bonds is 8.